The summed E-state index contributed by atoms with van der Waals surface area (Å²) in [6.45, 7) is 1.18. The molecule has 152 valence electrons. The van der Waals surface area contributed by atoms with Gasteiger partial charge in [0.1, 0.15) is 6.04 Å². The third-order valence-corrected chi connectivity index (χ3v) is 4.74. The number of carbonyl (C=O) groups excluding carboxylic acids is 3. The normalized spacial score (nSPS) is 16.4. The minimum Gasteiger partial charge on any atom is -0.353 e. The van der Waals surface area contributed by atoms with Gasteiger partial charge in [-0.3, -0.25) is 14.4 Å². The van der Waals surface area contributed by atoms with E-state index in [0.29, 0.717) is 30.8 Å². The number of benzene rings is 2. The van der Waals surface area contributed by atoms with Crippen molar-refractivity contribution in [3.8, 4) is 0 Å². The predicted molar refractivity (Wildman–Crippen MR) is 112 cm³/mol. The highest BCUT2D eigenvalue weighted by atomic mass is 16.2. The SMILES string of the molecule is CN(C)CC(=O)Nc1ccc(C(=O)N2CCNC(=O)[C@@H]2Cc2ccccc2)cc1. The van der Waals surface area contributed by atoms with Gasteiger partial charge in [0, 0.05) is 30.8 Å². The summed E-state index contributed by atoms with van der Waals surface area (Å²) in [4.78, 5) is 40.8. The lowest BCUT2D eigenvalue weighted by atomic mass is 10.0. The Morgan fingerprint density at radius 1 is 1.10 bits per heavy atom. The standard InChI is InChI=1S/C22H26N4O3/c1-25(2)15-20(27)24-18-10-8-17(9-11-18)22(29)26-13-12-23-21(28)19(26)14-16-6-4-3-5-7-16/h3-11,19H,12-15H2,1-2H3,(H,23,28)(H,24,27)/t19-/m0/s1. The molecule has 3 rings (SSSR count). The second kappa shape index (κ2) is 9.34. The number of carbonyl (C=O) groups is 3. The second-order valence-electron chi connectivity index (χ2n) is 7.36. The topological polar surface area (TPSA) is 81.8 Å². The van der Waals surface area contributed by atoms with E-state index in [2.05, 4.69) is 10.6 Å². The molecule has 1 fully saturated rings. The molecule has 1 atom stereocenters. The van der Waals surface area contributed by atoms with Gasteiger partial charge in [-0.2, -0.15) is 0 Å². The number of nitrogens with one attached hydrogen (secondary N) is 2. The molecule has 2 N–H and O–H groups in total. The zero-order valence-electron chi connectivity index (χ0n) is 16.7. The van der Waals surface area contributed by atoms with Crippen LogP contribution < -0.4 is 10.6 Å². The minimum atomic E-state index is -0.543. The highest BCUT2D eigenvalue weighted by Gasteiger charge is 2.33. The molecule has 29 heavy (non-hydrogen) atoms. The quantitative estimate of drug-likeness (QED) is 0.775. The number of rotatable bonds is 6. The van der Waals surface area contributed by atoms with Crippen molar-refractivity contribution >= 4 is 23.4 Å². The number of amides is 3. The Balaban J connectivity index is 1.71. The Hall–Kier alpha value is -3.19. The van der Waals surface area contributed by atoms with E-state index >= 15 is 0 Å². The van der Waals surface area contributed by atoms with Gasteiger partial charge in [-0.1, -0.05) is 30.3 Å². The fraction of sp³-hybridized carbons (Fsp3) is 0.318. The van der Waals surface area contributed by atoms with Crippen LogP contribution >= 0.6 is 0 Å². The third kappa shape index (κ3) is 5.42. The molecule has 1 aliphatic heterocycles. The molecular weight excluding hydrogens is 368 g/mol. The number of hydrogen-bond acceptors (Lipinski definition) is 4. The summed E-state index contributed by atoms with van der Waals surface area (Å²) in [7, 11) is 3.64. The molecule has 0 saturated carbocycles. The van der Waals surface area contributed by atoms with Crippen molar-refractivity contribution in [2.45, 2.75) is 12.5 Å². The van der Waals surface area contributed by atoms with Crippen molar-refractivity contribution in [1.29, 1.82) is 0 Å². The van der Waals surface area contributed by atoms with E-state index in [-0.39, 0.29) is 24.3 Å². The first-order valence-electron chi connectivity index (χ1n) is 9.61. The maximum Gasteiger partial charge on any atom is 0.254 e. The van der Waals surface area contributed by atoms with Crippen molar-refractivity contribution in [3.05, 3.63) is 65.7 Å². The second-order valence-corrected chi connectivity index (χ2v) is 7.36. The van der Waals surface area contributed by atoms with E-state index in [1.54, 1.807) is 34.1 Å². The summed E-state index contributed by atoms with van der Waals surface area (Å²) in [5, 5.41) is 5.65. The van der Waals surface area contributed by atoms with Crippen molar-refractivity contribution in [2.75, 3.05) is 39.0 Å². The Bertz CT molecular complexity index is 865. The zero-order valence-corrected chi connectivity index (χ0v) is 16.7. The van der Waals surface area contributed by atoms with Crippen LogP contribution in [0, 0.1) is 0 Å². The van der Waals surface area contributed by atoms with Gasteiger partial charge in [0.2, 0.25) is 11.8 Å². The van der Waals surface area contributed by atoms with Gasteiger partial charge in [-0.15, -0.1) is 0 Å². The largest absolute Gasteiger partial charge is 0.353 e. The van der Waals surface area contributed by atoms with Crippen LogP contribution in [0.3, 0.4) is 0 Å². The van der Waals surface area contributed by atoms with E-state index in [1.165, 1.54) is 0 Å². The van der Waals surface area contributed by atoms with Crippen molar-refractivity contribution < 1.29 is 14.4 Å². The van der Waals surface area contributed by atoms with Gasteiger partial charge in [0.05, 0.1) is 6.54 Å². The summed E-state index contributed by atoms with van der Waals surface area (Å²) in [6.07, 6.45) is 0.469. The maximum absolute atomic E-state index is 13.1. The Morgan fingerprint density at radius 2 is 1.79 bits per heavy atom. The lowest BCUT2D eigenvalue weighted by Crippen LogP contribution is -2.58. The van der Waals surface area contributed by atoms with E-state index in [0.717, 1.165) is 5.56 Å². The lowest BCUT2D eigenvalue weighted by Gasteiger charge is -2.35. The molecule has 0 spiro atoms. The molecule has 1 heterocycles. The minimum absolute atomic E-state index is 0.121. The predicted octanol–water partition coefficient (Wildman–Crippen LogP) is 1.37. The van der Waals surface area contributed by atoms with Crippen molar-refractivity contribution in [2.24, 2.45) is 0 Å². The first kappa shape index (κ1) is 20.5. The van der Waals surface area contributed by atoms with Crippen LogP contribution in [0.25, 0.3) is 0 Å². The van der Waals surface area contributed by atoms with Crippen LogP contribution in [-0.4, -0.2) is 67.3 Å². The molecular formula is C22H26N4O3. The average molecular weight is 394 g/mol. The van der Waals surface area contributed by atoms with Crippen LogP contribution in [0.4, 0.5) is 5.69 Å². The number of anilines is 1. The molecule has 0 aromatic heterocycles. The average Bonchev–Trinajstić information content (AvgIpc) is 2.70. The first-order valence-corrected chi connectivity index (χ1v) is 9.61. The molecule has 2 aromatic carbocycles. The molecule has 2 aromatic rings. The van der Waals surface area contributed by atoms with Gasteiger partial charge in [0.15, 0.2) is 0 Å². The van der Waals surface area contributed by atoms with E-state index in [4.69, 9.17) is 0 Å². The van der Waals surface area contributed by atoms with Crippen LogP contribution in [0.5, 0.6) is 0 Å². The summed E-state index contributed by atoms with van der Waals surface area (Å²) in [5.74, 6) is -0.447. The highest BCUT2D eigenvalue weighted by molar-refractivity contribution is 5.99. The maximum atomic E-state index is 13.1. The van der Waals surface area contributed by atoms with Gasteiger partial charge in [-0.05, 0) is 43.9 Å². The number of piperazine rings is 1. The van der Waals surface area contributed by atoms with E-state index in [9.17, 15) is 14.4 Å². The van der Waals surface area contributed by atoms with E-state index in [1.807, 2.05) is 44.4 Å². The zero-order chi connectivity index (χ0) is 20.8. The molecule has 0 bridgehead atoms. The van der Waals surface area contributed by atoms with Crippen LogP contribution in [0.2, 0.25) is 0 Å². The van der Waals surface area contributed by atoms with Crippen LogP contribution in [0.1, 0.15) is 15.9 Å². The Morgan fingerprint density at radius 3 is 2.45 bits per heavy atom. The van der Waals surface area contributed by atoms with E-state index < -0.39 is 6.04 Å². The third-order valence-electron chi connectivity index (χ3n) is 4.74. The Labute approximate surface area is 170 Å². The van der Waals surface area contributed by atoms with Gasteiger partial charge >= 0.3 is 0 Å². The molecule has 7 nitrogen and oxygen atoms in total. The molecule has 0 radical (unpaired) electrons. The van der Waals surface area contributed by atoms with Crippen molar-refractivity contribution in [1.82, 2.24) is 15.1 Å². The number of nitrogens with zero attached hydrogens (tertiary/aromatic N) is 2. The molecule has 1 saturated heterocycles. The van der Waals surface area contributed by atoms with Gasteiger partial charge < -0.3 is 20.4 Å². The monoisotopic (exact) mass is 394 g/mol. The highest BCUT2D eigenvalue weighted by Crippen LogP contribution is 2.17. The Kier molecular flexibility index (Phi) is 6.61. The molecule has 3 amide bonds. The molecule has 1 aliphatic rings. The molecule has 7 heteroatoms. The fourth-order valence-electron chi connectivity index (χ4n) is 3.35. The van der Waals surface area contributed by atoms with Crippen LogP contribution in [0.15, 0.2) is 54.6 Å². The molecule has 0 unspecified atom stereocenters. The van der Waals surface area contributed by atoms with Crippen LogP contribution in [-0.2, 0) is 16.0 Å². The summed E-state index contributed by atoms with van der Waals surface area (Å²) in [5.41, 5.74) is 2.13. The first-order chi connectivity index (χ1) is 13.9. The summed E-state index contributed by atoms with van der Waals surface area (Å²) in [6, 6.07) is 15.9. The fourth-order valence-corrected chi connectivity index (χ4v) is 3.35. The molecule has 0 aliphatic carbocycles. The lowest BCUT2D eigenvalue weighted by molar-refractivity contribution is -0.127. The number of likely N-dealkylation sites (N-methyl/N-ethyl adjacent to an activating group) is 1. The van der Waals surface area contributed by atoms with Crippen molar-refractivity contribution in [3.63, 3.8) is 0 Å². The van der Waals surface area contributed by atoms with Gasteiger partial charge in [-0.25, -0.2) is 0 Å². The summed E-state index contributed by atoms with van der Waals surface area (Å²) >= 11 is 0. The number of hydrogen-bond donors (Lipinski definition) is 2. The summed E-state index contributed by atoms with van der Waals surface area (Å²) < 4.78 is 0. The smallest absolute Gasteiger partial charge is 0.254 e. The van der Waals surface area contributed by atoms with Gasteiger partial charge in [0.25, 0.3) is 5.91 Å².